The van der Waals surface area contributed by atoms with Gasteiger partial charge in [-0.2, -0.15) is 0 Å². The molecule has 4 N–H and O–H groups in total. The van der Waals surface area contributed by atoms with E-state index in [0.717, 1.165) is 46.7 Å². The Morgan fingerprint density at radius 1 is 1.07 bits per heavy atom. The van der Waals surface area contributed by atoms with Crippen molar-refractivity contribution in [3.63, 3.8) is 0 Å². The minimum absolute atomic E-state index is 0.0128. The number of carbonyl (C=O) groups excluding carboxylic acids is 4. The maximum Gasteiger partial charge on any atom is 0.329 e. The quantitative estimate of drug-likeness (QED) is 0.291. The van der Waals surface area contributed by atoms with Gasteiger partial charge < -0.3 is 26.0 Å². The van der Waals surface area contributed by atoms with Gasteiger partial charge in [0.15, 0.2) is 4.34 Å². The van der Waals surface area contributed by atoms with Gasteiger partial charge >= 0.3 is 5.97 Å². The minimum Gasteiger partial charge on any atom is -0.480 e. The van der Waals surface area contributed by atoms with E-state index < -0.39 is 47.4 Å². The lowest BCUT2D eigenvalue weighted by atomic mass is 9.83. The molecule has 1 aromatic heterocycles. The molecule has 2 aromatic rings. The molecular weight excluding hydrogens is 603 g/mol. The van der Waals surface area contributed by atoms with Crippen LogP contribution in [0.25, 0.3) is 10.2 Å². The molecular formula is C31H41N5O6S2. The van der Waals surface area contributed by atoms with Crippen LogP contribution < -0.4 is 16.0 Å². The largest absolute Gasteiger partial charge is 0.480 e. The van der Waals surface area contributed by atoms with Crippen molar-refractivity contribution in [1.82, 2.24) is 25.8 Å². The standard InChI is InChI=1S/C31H41N5O6S2/c1-17(2)24(34-27(39)25(32-18(3)37)19-9-5-4-6-10-19)28(40)36-16-20(43-30-33-21-11-7-8-12-23(21)44-30)15-22(36)26(38)35-31(13-14-31)29(41)42/h7-8,11-12,17,19-20,22,24-25H,4-6,9-10,13-16H2,1-3H3,(H,32,37)(H,34,39)(H,35,38)(H,41,42)/t20-,22?,24+,25+/m1/s1. The van der Waals surface area contributed by atoms with E-state index in [1.807, 2.05) is 38.1 Å². The van der Waals surface area contributed by atoms with Gasteiger partial charge in [-0.3, -0.25) is 19.2 Å². The molecule has 13 heteroatoms. The first kappa shape index (κ1) is 32.2. The van der Waals surface area contributed by atoms with Crippen molar-refractivity contribution in [2.75, 3.05) is 6.54 Å². The zero-order chi connectivity index (χ0) is 31.6. The lowest BCUT2D eigenvalue weighted by molar-refractivity contribution is -0.146. The molecule has 0 spiro atoms. The number of nitrogens with one attached hydrogen (secondary N) is 3. The first-order valence-electron chi connectivity index (χ1n) is 15.4. The Kier molecular flexibility index (Phi) is 9.83. The highest BCUT2D eigenvalue weighted by molar-refractivity contribution is 8.01. The highest BCUT2D eigenvalue weighted by Crippen LogP contribution is 2.39. The van der Waals surface area contributed by atoms with Gasteiger partial charge in [0.2, 0.25) is 23.6 Å². The lowest BCUT2D eigenvalue weighted by Gasteiger charge is -2.34. The average Bonchev–Trinajstić information content (AvgIpc) is 3.47. The summed E-state index contributed by atoms with van der Waals surface area (Å²) < 4.78 is 1.87. The third-order valence-corrected chi connectivity index (χ3v) is 11.2. The maximum atomic E-state index is 14.2. The summed E-state index contributed by atoms with van der Waals surface area (Å²) in [5.74, 6) is -3.00. The summed E-state index contributed by atoms with van der Waals surface area (Å²) in [6.07, 6.45) is 5.71. The Morgan fingerprint density at radius 2 is 1.77 bits per heavy atom. The summed E-state index contributed by atoms with van der Waals surface area (Å²) in [6.45, 7) is 5.29. The van der Waals surface area contributed by atoms with Crippen LogP contribution >= 0.6 is 23.1 Å². The highest BCUT2D eigenvalue weighted by Gasteiger charge is 2.54. The predicted molar refractivity (Wildman–Crippen MR) is 168 cm³/mol. The zero-order valence-electron chi connectivity index (χ0n) is 25.3. The van der Waals surface area contributed by atoms with Crippen molar-refractivity contribution in [2.45, 2.75) is 105 Å². The van der Waals surface area contributed by atoms with Gasteiger partial charge in [-0.05, 0) is 56.1 Å². The van der Waals surface area contributed by atoms with Gasteiger partial charge in [0.05, 0.1) is 10.2 Å². The fourth-order valence-corrected chi connectivity index (χ4v) is 8.79. The van der Waals surface area contributed by atoms with Gasteiger partial charge in [0, 0.05) is 18.7 Å². The summed E-state index contributed by atoms with van der Waals surface area (Å²) >= 11 is 3.05. The number of rotatable bonds is 11. The third kappa shape index (κ3) is 7.20. The molecule has 1 aliphatic heterocycles. The number of thioether (sulfide) groups is 1. The average molecular weight is 644 g/mol. The number of amides is 4. The van der Waals surface area contributed by atoms with Crippen molar-refractivity contribution >= 4 is 62.9 Å². The van der Waals surface area contributed by atoms with E-state index in [-0.39, 0.29) is 29.5 Å². The van der Waals surface area contributed by atoms with E-state index >= 15 is 0 Å². The first-order chi connectivity index (χ1) is 21.0. The van der Waals surface area contributed by atoms with Gasteiger partial charge in [-0.1, -0.05) is 57.0 Å². The number of thiazole rings is 1. The molecule has 2 saturated carbocycles. The van der Waals surface area contributed by atoms with E-state index in [1.54, 1.807) is 11.3 Å². The third-order valence-electron chi connectivity index (χ3n) is 8.90. The normalized spacial score (nSPS) is 22.8. The molecule has 3 aliphatic rings. The Bertz CT molecular complexity index is 1390. The fourth-order valence-electron chi connectivity index (χ4n) is 6.27. The summed E-state index contributed by atoms with van der Waals surface area (Å²) in [5.41, 5.74) is -0.409. The second kappa shape index (κ2) is 13.4. The van der Waals surface area contributed by atoms with E-state index in [1.165, 1.54) is 23.6 Å². The second-order valence-electron chi connectivity index (χ2n) is 12.6. The van der Waals surface area contributed by atoms with Crippen LogP contribution in [0.4, 0.5) is 0 Å². The number of para-hydroxylation sites is 1. The smallest absolute Gasteiger partial charge is 0.329 e. The van der Waals surface area contributed by atoms with E-state index in [0.29, 0.717) is 19.3 Å². The number of hydrogen-bond acceptors (Lipinski definition) is 8. The Morgan fingerprint density at radius 3 is 2.39 bits per heavy atom. The molecule has 0 radical (unpaired) electrons. The number of hydrogen-bond donors (Lipinski definition) is 4. The molecule has 4 amide bonds. The molecule has 3 fully saturated rings. The monoisotopic (exact) mass is 643 g/mol. The van der Waals surface area contributed by atoms with Gasteiger partial charge in [0.25, 0.3) is 0 Å². The van der Waals surface area contributed by atoms with E-state index in [9.17, 15) is 29.1 Å². The van der Waals surface area contributed by atoms with Crippen molar-refractivity contribution in [3.05, 3.63) is 24.3 Å². The predicted octanol–water partition coefficient (Wildman–Crippen LogP) is 3.32. The SMILES string of the molecule is CC(=O)N[C@H](C(=O)N[C@H](C(=O)N1C[C@H](Sc2nc3ccccc3s2)CC1C(=O)NC1(C(=O)O)CC1)C(C)C)C1CCCCC1. The summed E-state index contributed by atoms with van der Waals surface area (Å²) in [7, 11) is 0. The fraction of sp³-hybridized carbons (Fsp3) is 0.613. The molecule has 2 heterocycles. The van der Waals surface area contributed by atoms with Crippen LogP contribution in [0.3, 0.4) is 0 Å². The van der Waals surface area contributed by atoms with Crippen molar-refractivity contribution in [2.24, 2.45) is 11.8 Å². The van der Waals surface area contributed by atoms with Crippen LogP contribution in [0.15, 0.2) is 28.6 Å². The maximum absolute atomic E-state index is 14.2. The molecule has 1 aromatic carbocycles. The van der Waals surface area contributed by atoms with Crippen LogP contribution in [0.1, 0.15) is 72.1 Å². The Hall–Kier alpha value is -3.19. The summed E-state index contributed by atoms with van der Waals surface area (Å²) in [5, 5.41) is 18.0. The molecule has 238 valence electrons. The second-order valence-corrected chi connectivity index (χ2v) is 15.2. The Balaban J connectivity index is 1.36. The summed E-state index contributed by atoms with van der Waals surface area (Å²) in [6, 6.07) is 5.24. The Labute approximate surface area is 265 Å². The van der Waals surface area contributed by atoms with Gasteiger partial charge in [0.1, 0.15) is 23.7 Å². The number of carboxylic acid groups (broad SMARTS) is 1. The number of aliphatic carboxylic acids is 1. The van der Waals surface area contributed by atoms with Gasteiger partial charge in [-0.15, -0.1) is 11.3 Å². The van der Waals surface area contributed by atoms with E-state index in [2.05, 4.69) is 16.0 Å². The molecule has 2 aliphatic carbocycles. The van der Waals surface area contributed by atoms with Gasteiger partial charge in [-0.25, -0.2) is 9.78 Å². The molecule has 44 heavy (non-hydrogen) atoms. The molecule has 11 nitrogen and oxygen atoms in total. The van der Waals surface area contributed by atoms with Crippen LogP contribution in [-0.2, 0) is 24.0 Å². The molecule has 4 atom stereocenters. The van der Waals surface area contributed by atoms with Crippen LogP contribution in [0.5, 0.6) is 0 Å². The number of fused-ring (bicyclic) bond motifs is 1. The van der Waals surface area contributed by atoms with Crippen LogP contribution in [0.2, 0.25) is 0 Å². The van der Waals surface area contributed by atoms with Crippen molar-refractivity contribution in [3.8, 4) is 0 Å². The van der Waals surface area contributed by atoms with Crippen molar-refractivity contribution < 1.29 is 29.1 Å². The molecule has 1 saturated heterocycles. The minimum atomic E-state index is -1.29. The topological polar surface area (TPSA) is 158 Å². The zero-order valence-corrected chi connectivity index (χ0v) is 27.0. The number of nitrogens with zero attached hydrogens (tertiary/aromatic N) is 2. The van der Waals surface area contributed by atoms with Crippen molar-refractivity contribution in [1.29, 1.82) is 0 Å². The number of carboxylic acids is 1. The lowest BCUT2D eigenvalue weighted by Crippen LogP contribution is -2.60. The van der Waals surface area contributed by atoms with E-state index in [4.69, 9.17) is 4.98 Å². The number of likely N-dealkylation sites (tertiary alicyclic amines) is 1. The summed E-state index contributed by atoms with van der Waals surface area (Å²) in [4.78, 5) is 71.5. The molecule has 0 bridgehead atoms. The van der Waals surface area contributed by atoms with Crippen LogP contribution in [0, 0.1) is 11.8 Å². The number of carbonyl (C=O) groups is 5. The number of aromatic nitrogens is 1. The molecule has 1 unspecified atom stereocenters. The highest BCUT2D eigenvalue weighted by atomic mass is 32.2. The first-order valence-corrected chi connectivity index (χ1v) is 17.1. The van der Waals surface area contributed by atoms with Crippen LogP contribution in [-0.4, -0.2) is 80.0 Å². The molecule has 5 rings (SSSR count). The number of benzene rings is 1.